The molecule has 100 valence electrons. The lowest BCUT2D eigenvalue weighted by Crippen LogP contribution is -2.39. The van der Waals surface area contributed by atoms with Crippen molar-refractivity contribution in [2.24, 2.45) is 0 Å². The van der Waals surface area contributed by atoms with Gasteiger partial charge in [0.2, 0.25) is 0 Å². The minimum absolute atomic E-state index is 0.291. The van der Waals surface area contributed by atoms with E-state index in [9.17, 15) is 4.79 Å². The summed E-state index contributed by atoms with van der Waals surface area (Å²) < 4.78 is 0. The Bertz CT molecular complexity index is 624. The van der Waals surface area contributed by atoms with E-state index in [0.29, 0.717) is 5.69 Å². The molecule has 0 aliphatic heterocycles. The molecule has 0 aliphatic rings. The van der Waals surface area contributed by atoms with Crippen LogP contribution in [0.1, 0.15) is 11.4 Å². The second-order valence-corrected chi connectivity index (χ2v) is 4.56. The van der Waals surface area contributed by atoms with Crippen LogP contribution in [0.4, 0.5) is 10.5 Å². The van der Waals surface area contributed by atoms with Crippen molar-refractivity contribution in [1.29, 1.82) is 0 Å². The van der Waals surface area contributed by atoms with Crippen LogP contribution < -0.4 is 10.7 Å². The smallest absolute Gasteiger partial charge is 0.307 e. The molecule has 2 aromatic rings. The van der Waals surface area contributed by atoms with E-state index in [1.165, 1.54) is 0 Å². The highest BCUT2D eigenvalue weighted by atomic mass is 16.2. The van der Waals surface area contributed by atoms with E-state index >= 15 is 0 Å². The van der Waals surface area contributed by atoms with Crippen molar-refractivity contribution in [3.8, 4) is 0 Å². The fourth-order valence-electron chi connectivity index (χ4n) is 1.67. The predicted octanol–water partition coefficient (Wildman–Crippen LogP) is 1.84. The van der Waals surface area contributed by atoms with E-state index in [2.05, 4.69) is 20.7 Å². The van der Waals surface area contributed by atoms with Crippen molar-refractivity contribution in [3.05, 3.63) is 29.6 Å². The van der Waals surface area contributed by atoms with Gasteiger partial charge in [0.05, 0.1) is 22.4 Å². The largest absolute Gasteiger partial charge is 0.333 e. The number of carbonyl (C=O) groups excluding carboxylic acids is 1. The van der Waals surface area contributed by atoms with Crippen LogP contribution in [0.15, 0.2) is 18.2 Å². The summed E-state index contributed by atoms with van der Waals surface area (Å²) in [4.78, 5) is 20.5. The van der Waals surface area contributed by atoms with Crippen LogP contribution in [-0.4, -0.2) is 35.1 Å². The highest BCUT2D eigenvalue weighted by Crippen LogP contribution is 2.17. The quantitative estimate of drug-likeness (QED) is 0.807. The number of benzene rings is 1. The molecule has 0 saturated heterocycles. The zero-order chi connectivity index (χ0) is 14.0. The molecule has 1 aromatic heterocycles. The first-order valence-electron chi connectivity index (χ1n) is 5.95. The molecule has 1 aromatic carbocycles. The van der Waals surface area contributed by atoms with Gasteiger partial charge in [-0.15, -0.1) is 0 Å². The fraction of sp³-hybridized carbons (Fsp3) is 0.308. The second kappa shape index (κ2) is 5.19. The van der Waals surface area contributed by atoms with Gasteiger partial charge >= 0.3 is 6.03 Å². The number of fused-ring (bicyclic) bond motifs is 1. The number of nitrogens with one attached hydrogen (secondary N) is 2. The van der Waals surface area contributed by atoms with E-state index in [1.54, 1.807) is 25.2 Å². The number of carbonyl (C=O) groups is 1. The van der Waals surface area contributed by atoms with Crippen LogP contribution in [0.25, 0.3) is 11.0 Å². The predicted molar refractivity (Wildman–Crippen MR) is 74.9 cm³/mol. The highest BCUT2D eigenvalue weighted by molar-refractivity contribution is 5.91. The minimum atomic E-state index is -0.291. The standard InChI is InChI=1S/C13H17N5O/c1-8-9(2)15-12-7-10(5-6-11(12)14-8)16-13(19)17-18(3)4/h5-7H,1-4H3,(H2,16,17,19). The van der Waals surface area contributed by atoms with Gasteiger partial charge in [-0.2, -0.15) is 0 Å². The maximum atomic E-state index is 11.6. The van der Waals surface area contributed by atoms with E-state index < -0.39 is 0 Å². The molecule has 0 aliphatic carbocycles. The van der Waals surface area contributed by atoms with Crippen molar-refractivity contribution in [1.82, 2.24) is 20.4 Å². The molecule has 0 fully saturated rings. The molecule has 0 saturated carbocycles. The maximum absolute atomic E-state index is 11.6. The number of aromatic nitrogens is 2. The van der Waals surface area contributed by atoms with Gasteiger partial charge in [-0.05, 0) is 32.0 Å². The molecule has 2 amide bonds. The third-order valence-corrected chi connectivity index (χ3v) is 2.66. The Morgan fingerprint density at radius 3 is 2.37 bits per heavy atom. The van der Waals surface area contributed by atoms with Gasteiger partial charge in [0.15, 0.2) is 0 Å². The van der Waals surface area contributed by atoms with Crippen molar-refractivity contribution in [3.63, 3.8) is 0 Å². The molecule has 19 heavy (non-hydrogen) atoms. The summed E-state index contributed by atoms with van der Waals surface area (Å²) >= 11 is 0. The molecular weight excluding hydrogens is 242 g/mol. The summed E-state index contributed by atoms with van der Waals surface area (Å²) in [7, 11) is 3.50. The molecule has 0 radical (unpaired) electrons. The molecule has 0 bridgehead atoms. The molecule has 6 heteroatoms. The zero-order valence-electron chi connectivity index (χ0n) is 11.5. The van der Waals surface area contributed by atoms with E-state index in [-0.39, 0.29) is 6.03 Å². The molecule has 0 atom stereocenters. The number of hydrogen-bond donors (Lipinski definition) is 2. The van der Waals surface area contributed by atoms with E-state index in [1.807, 2.05) is 26.0 Å². The molecular formula is C13H17N5O. The van der Waals surface area contributed by atoms with E-state index in [4.69, 9.17) is 0 Å². The number of rotatable bonds is 2. The topological polar surface area (TPSA) is 70.2 Å². The van der Waals surface area contributed by atoms with Crippen LogP contribution in [-0.2, 0) is 0 Å². The third kappa shape index (κ3) is 3.17. The van der Waals surface area contributed by atoms with Gasteiger partial charge in [0.25, 0.3) is 0 Å². The second-order valence-electron chi connectivity index (χ2n) is 4.56. The lowest BCUT2D eigenvalue weighted by Gasteiger charge is -2.13. The normalized spacial score (nSPS) is 10.8. The molecule has 2 N–H and O–H groups in total. The molecule has 2 rings (SSSR count). The summed E-state index contributed by atoms with van der Waals surface area (Å²) in [6.45, 7) is 3.85. The van der Waals surface area contributed by atoms with Gasteiger partial charge in [0, 0.05) is 19.8 Å². The maximum Gasteiger partial charge on any atom is 0.333 e. The summed E-state index contributed by atoms with van der Waals surface area (Å²) in [6.07, 6.45) is 0. The lowest BCUT2D eigenvalue weighted by atomic mass is 10.2. The summed E-state index contributed by atoms with van der Waals surface area (Å²) in [6, 6.07) is 5.17. The van der Waals surface area contributed by atoms with Crippen LogP contribution in [0.5, 0.6) is 0 Å². The number of urea groups is 1. The highest BCUT2D eigenvalue weighted by Gasteiger charge is 2.05. The summed E-state index contributed by atoms with van der Waals surface area (Å²) in [5.74, 6) is 0. The van der Waals surface area contributed by atoms with Crippen molar-refractivity contribution in [2.75, 3.05) is 19.4 Å². The number of nitrogens with zero attached hydrogens (tertiary/aromatic N) is 3. The number of hydrogen-bond acceptors (Lipinski definition) is 4. The first kappa shape index (κ1) is 13.2. The molecule has 6 nitrogen and oxygen atoms in total. The monoisotopic (exact) mass is 259 g/mol. The average Bonchev–Trinajstić information content (AvgIpc) is 2.30. The van der Waals surface area contributed by atoms with Gasteiger partial charge in [-0.25, -0.2) is 19.8 Å². The molecule has 0 spiro atoms. The van der Waals surface area contributed by atoms with Gasteiger partial charge in [-0.3, -0.25) is 5.43 Å². The SMILES string of the molecule is Cc1nc2ccc(NC(=O)NN(C)C)cc2nc1C. The van der Waals surface area contributed by atoms with Crippen LogP contribution in [0.3, 0.4) is 0 Å². The number of anilines is 1. The van der Waals surface area contributed by atoms with Crippen molar-refractivity contribution >= 4 is 22.8 Å². The van der Waals surface area contributed by atoms with E-state index in [0.717, 1.165) is 22.4 Å². The average molecular weight is 259 g/mol. The number of amides is 2. The van der Waals surface area contributed by atoms with Crippen LogP contribution in [0, 0.1) is 13.8 Å². The number of aryl methyl sites for hydroxylation is 2. The van der Waals surface area contributed by atoms with Gasteiger partial charge in [0.1, 0.15) is 0 Å². The van der Waals surface area contributed by atoms with Crippen molar-refractivity contribution < 1.29 is 4.79 Å². The van der Waals surface area contributed by atoms with Gasteiger partial charge in [-0.1, -0.05) is 0 Å². The Labute approximate surface area is 111 Å². The first-order chi connectivity index (χ1) is 8.95. The zero-order valence-corrected chi connectivity index (χ0v) is 11.5. The third-order valence-electron chi connectivity index (χ3n) is 2.66. The molecule has 1 heterocycles. The summed E-state index contributed by atoms with van der Waals surface area (Å²) in [5.41, 5.74) is 6.69. The minimum Gasteiger partial charge on any atom is -0.307 e. The Hall–Kier alpha value is -2.21. The van der Waals surface area contributed by atoms with Crippen LogP contribution in [0.2, 0.25) is 0 Å². The molecule has 0 unspecified atom stereocenters. The number of hydrazine groups is 1. The Morgan fingerprint density at radius 2 is 1.74 bits per heavy atom. The van der Waals surface area contributed by atoms with Crippen molar-refractivity contribution in [2.45, 2.75) is 13.8 Å². The lowest BCUT2D eigenvalue weighted by molar-refractivity contribution is 0.224. The first-order valence-corrected chi connectivity index (χ1v) is 5.95. The Kier molecular flexibility index (Phi) is 3.62. The Balaban J connectivity index is 2.26. The van der Waals surface area contributed by atoms with Crippen LogP contribution >= 0.6 is 0 Å². The summed E-state index contributed by atoms with van der Waals surface area (Å²) in [5, 5.41) is 4.31. The Morgan fingerprint density at radius 1 is 1.11 bits per heavy atom. The van der Waals surface area contributed by atoms with Gasteiger partial charge < -0.3 is 5.32 Å². The fourth-order valence-corrected chi connectivity index (χ4v) is 1.67.